The van der Waals surface area contributed by atoms with E-state index in [0.717, 1.165) is 61.5 Å². The summed E-state index contributed by atoms with van der Waals surface area (Å²) in [6.07, 6.45) is 2.10. The second-order valence-corrected chi connectivity index (χ2v) is 4.98. The lowest BCUT2D eigenvalue weighted by molar-refractivity contribution is 0.132. The van der Waals surface area contributed by atoms with Crippen molar-refractivity contribution in [3.63, 3.8) is 0 Å². The van der Waals surface area contributed by atoms with Crippen LogP contribution in [0.1, 0.15) is 25.5 Å². The zero-order valence-corrected chi connectivity index (χ0v) is 12.9. The molecular weight excluding hydrogens is 264 g/mol. The van der Waals surface area contributed by atoms with Gasteiger partial charge in [-0.2, -0.15) is 0 Å². The van der Waals surface area contributed by atoms with Gasteiger partial charge in [0, 0.05) is 25.1 Å². The fraction of sp³-hybridized carbons (Fsp3) is 0.471. The van der Waals surface area contributed by atoms with Crippen LogP contribution < -0.4 is 10.1 Å². The Labute approximate surface area is 126 Å². The Balaban J connectivity index is 1.85. The number of para-hydroxylation sites is 1. The summed E-state index contributed by atoms with van der Waals surface area (Å²) in [7, 11) is 1.68. The first kappa shape index (κ1) is 15.7. The minimum atomic E-state index is 0.766. The summed E-state index contributed by atoms with van der Waals surface area (Å²) in [4.78, 5) is 4.67. The van der Waals surface area contributed by atoms with Crippen molar-refractivity contribution in [2.45, 2.75) is 26.3 Å². The van der Waals surface area contributed by atoms with E-state index < -0.39 is 0 Å². The standard InChI is InChI=1S/C17H24N2O2/c1-3-11-21-12-5-10-18-13-15-9-8-14-6-4-7-16(20-2)17(14)19-15/h4,6-9,18H,3,5,10-13H2,1-2H3. The number of nitrogens with zero attached hydrogens (tertiary/aromatic N) is 1. The van der Waals surface area contributed by atoms with Gasteiger partial charge in [-0.05, 0) is 31.5 Å². The first-order valence-corrected chi connectivity index (χ1v) is 7.56. The molecule has 0 radical (unpaired) electrons. The number of hydrogen-bond acceptors (Lipinski definition) is 4. The maximum absolute atomic E-state index is 5.45. The van der Waals surface area contributed by atoms with Crippen molar-refractivity contribution in [1.29, 1.82) is 0 Å². The van der Waals surface area contributed by atoms with E-state index in [1.165, 1.54) is 0 Å². The van der Waals surface area contributed by atoms with Crippen LogP contribution in [-0.4, -0.2) is 31.9 Å². The quantitative estimate of drug-likeness (QED) is 0.720. The van der Waals surface area contributed by atoms with Gasteiger partial charge in [0.25, 0.3) is 0 Å². The molecule has 1 aromatic heterocycles. The van der Waals surface area contributed by atoms with Crippen molar-refractivity contribution in [3.8, 4) is 5.75 Å². The minimum Gasteiger partial charge on any atom is -0.494 e. The third-order valence-corrected chi connectivity index (χ3v) is 3.26. The topological polar surface area (TPSA) is 43.4 Å². The van der Waals surface area contributed by atoms with Crippen molar-refractivity contribution in [1.82, 2.24) is 10.3 Å². The van der Waals surface area contributed by atoms with Gasteiger partial charge in [-0.1, -0.05) is 25.1 Å². The number of rotatable bonds is 9. The maximum Gasteiger partial charge on any atom is 0.145 e. The van der Waals surface area contributed by atoms with Crippen molar-refractivity contribution < 1.29 is 9.47 Å². The molecule has 1 heterocycles. The van der Waals surface area contributed by atoms with Crippen LogP contribution in [0.3, 0.4) is 0 Å². The molecule has 0 aliphatic rings. The highest BCUT2D eigenvalue weighted by molar-refractivity contribution is 5.84. The van der Waals surface area contributed by atoms with E-state index in [-0.39, 0.29) is 0 Å². The fourth-order valence-corrected chi connectivity index (χ4v) is 2.19. The molecule has 2 aromatic rings. The van der Waals surface area contributed by atoms with Crippen LogP contribution in [0, 0.1) is 0 Å². The summed E-state index contributed by atoms with van der Waals surface area (Å²) in [6, 6.07) is 10.1. The van der Waals surface area contributed by atoms with Gasteiger partial charge in [-0.25, -0.2) is 4.98 Å². The molecular formula is C17H24N2O2. The normalized spacial score (nSPS) is 11.0. The molecule has 2 rings (SSSR count). The van der Waals surface area contributed by atoms with E-state index >= 15 is 0 Å². The molecule has 21 heavy (non-hydrogen) atoms. The van der Waals surface area contributed by atoms with Crippen molar-refractivity contribution >= 4 is 10.9 Å². The van der Waals surface area contributed by atoms with Crippen LogP contribution in [0.5, 0.6) is 5.75 Å². The van der Waals surface area contributed by atoms with E-state index in [9.17, 15) is 0 Å². The molecule has 1 aromatic carbocycles. The van der Waals surface area contributed by atoms with Crippen LogP contribution in [0.15, 0.2) is 30.3 Å². The summed E-state index contributed by atoms with van der Waals surface area (Å²) in [5.74, 6) is 0.822. The van der Waals surface area contributed by atoms with Crippen molar-refractivity contribution in [3.05, 3.63) is 36.0 Å². The third-order valence-electron chi connectivity index (χ3n) is 3.26. The Bertz CT molecular complexity index is 557. The Morgan fingerprint density at radius 1 is 1.14 bits per heavy atom. The monoisotopic (exact) mass is 288 g/mol. The number of fused-ring (bicyclic) bond motifs is 1. The Hall–Kier alpha value is -1.65. The molecule has 0 saturated carbocycles. The molecule has 0 spiro atoms. The van der Waals surface area contributed by atoms with E-state index in [4.69, 9.17) is 9.47 Å². The Morgan fingerprint density at radius 3 is 2.86 bits per heavy atom. The average Bonchev–Trinajstić information content (AvgIpc) is 2.53. The highest BCUT2D eigenvalue weighted by Crippen LogP contribution is 2.23. The Morgan fingerprint density at radius 2 is 2.05 bits per heavy atom. The SMILES string of the molecule is CCCOCCCNCc1ccc2cccc(OC)c2n1. The predicted octanol–water partition coefficient (Wildman–Crippen LogP) is 3.15. The first-order valence-electron chi connectivity index (χ1n) is 7.56. The molecule has 0 saturated heterocycles. The highest BCUT2D eigenvalue weighted by Gasteiger charge is 2.03. The van der Waals surface area contributed by atoms with Gasteiger partial charge in [-0.15, -0.1) is 0 Å². The molecule has 0 bridgehead atoms. The van der Waals surface area contributed by atoms with Crippen molar-refractivity contribution in [2.75, 3.05) is 26.9 Å². The summed E-state index contributed by atoms with van der Waals surface area (Å²) < 4.78 is 10.8. The third kappa shape index (κ3) is 4.69. The molecule has 0 atom stereocenters. The van der Waals surface area contributed by atoms with Gasteiger partial charge < -0.3 is 14.8 Å². The molecule has 114 valence electrons. The molecule has 0 amide bonds. The summed E-state index contributed by atoms with van der Waals surface area (Å²) in [6.45, 7) is 5.50. The van der Waals surface area contributed by atoms with E-state index in [1.54, 1.807) is 7.11 Å². The lowest BCUT2D eigenvalue weighted by atomic mass is 10.2. The molecule has 0 fully saturated rings. The smallest absolute Gasteiger partial charge is 0.145 e. The largest absolute Gasteiger partial charge is 0.494 e. The van der Waals surface area contributed by atoms with Crippen LogP contribution in [0.2, 0.25) is 0 Å². The number of methoxy groups -OCH3 is 1. The number of pyridine rings is 1. The number of benzene rings is 1. The van der Waals surface area contributed by atoms with Crippen LogP contribution in [0.25, 0.3) is 10.9 Å². The zero-order chi connectivity index (χ0) is 14.9. The first-order chi connectivity index (χ1) is 10.3. The number of aromatic nitrogens is 1. The van der Waals surface area contributed by atoms with E-state index in [0.29, 0.717) is 0 Å². The highest BCUT2D eigenvalue weighted by atomic mass is 16.5. The second-order valence-electron chi connectivity index (χ2n) is 4.98. The lowest BCUT2D eigenvalue weighted by Crippen LogP contribution is -2.17. The number of nitrogens with one attached hydrogen (secondary N) is 1. The molecule has 0 aliphatic heterocycles. The maximum atomic E-state index is 5.45. The van der Waals surface area contributed by atoms with E-state index in [1.807, 2.05) is 18.2 Å². The predicted molar refractivity (Wildman–Crippen MR) is 85.7 cm³/mol. The molecule has 4 heteroatoms. The minimum absolute atomic E-state index is 0.766. The van der Waals surface area contributed by atoms with E-state index in [2.05, 4.69) is 29.4 Å². The van der Waals surface area contributed by atoms with Gasteiger partial charge in [0.1, 0.15) is 11.3 Å². The second kappa shape index (κ2) is 8.60. The van der Waals surface area contributed by atoms with Gasteiger partial charge in [0.2, 0.25) is 0 Å². The molecule has 0 unspecified atom stereocenters. The van der Waals surface area contributed by atoms with Gasteiger partial charge in [0.05, 0.1) is 12.8 Å². The lowest BCUT2D eigenvalue weighted by Gasteiger charge is -2.08. The van der Waals surface area contributed by atoms with Gasteiger partial charge >= 0.3 is 0 Å². The molecule has 0 aliphatic carbocycles. The summed E-state index contributed by atoms with van der Waals surface area (Å²) in [5, 5.41) is 4.50. The number of hydrogen-bond donors (Lipinski definition) is 1. The van der Waals surface area contributed by atoms with Gasteiger partial charge in [0.15, 0.2) is 0 Å². The summed E-state index contributed by atoms with van der Waals surface area (Å²) >= 11 is 0. The average molecular weight is 288 g/mol. The van der Waals surface area contributed by atoms with Crippen molar-refractivity contribution in [2.24, 2.45) is 0 Å². The fourth-order valence-electron chi connectivity index (χ4n) is 2.19. The summed E-state index contributed by atoms with van der Waals surface area (Å²) in [5.41, 5.74) is 1.95. The van der Waals surface area contributed by atoms with Crippen LogP contribution in [0.4, 0.5) is 0 Å². The van der Waals surface area contributed by atoms with Gasteiger partial charge in [-0.3, -0.25) is 0 Å². The number of ether oxygens (including phenoxy) is 2. The van der Waals surface area contributed by atoms with Crippen LogP contribution in [-0.2, 0) is 11.3 Å². The molecule has 4 nitrogen and oxygen atoms in total. The van der Waals surface area contributed by atoms with Crippen LogP contribution >= 0.6 is 0 Å². The molecule has 1 N–H and O–H groups in total. The zero-order valence-electron chi connectivity index (χ0n) is 12.9. The Kier molecular flexibility index (Phi) is 6.44.